The van der Waals surface area contributed by atoms with Gasteiger partial charge in [0.15, 0.2) is 0 Å². The molecule has 2 aromatic heterocycles. The van der Waals surface area contributed by atoms with Crippen molar-refractivity contribution >= 4 is 53.5 Å². The van der Waals surface area contributed by atoms with Gasteiger partial charge in [-0.2, -0.15) is 10.2 Å². The van der Waals surface area contributed by atoms with Crippen LogP contribution < -0.4 is 4.90 Å². The Morgan fingerprint density at radius 2 is 1.41 bits per heavy atom. The summed E-state index contributed by atoms with van der Waals surface area (Å²) < 4.78 is 2.47. The molecule has 0 aliphatic carbocycles. The predicted octanol–water partition coefficient (Wildman–Crippen LogP) is 4.87. The number of halogens is 3. The minimum atomic E-state index is 0.742. The van der Waals surface area contributed by atoms with E-state index in [1.165, 1.54) is 0 Å². The number of aromatic nitrogens is 4. The maximum absolute atomic E-state index is 3.93. The van der Waals surface area contributed by atoms with Gasteiger partial charge in [-0.05, 0) is 72.8 Å². The van der Waals surface area contributed by atoms with E-state index in [4.69, 9.17) is 0 Å². The molecule has 5 nitrogen and oxygen atoms in total. The number of anilines is 1. The molecule has 2 rings (SSSR count). The highest BCUT2D eigenvalue weighted by atomic mass is 79.9. The van der Waals surface area contributed by atoms with Crippen LogP contribution in [-0.2, 0) is 0 Å². The van der Waals surface area contributed by atoms with Crippen LogP contribution in [0.1, 0.15) is 26.7 Å². The Labute approximate surface area is 156 Å². The lowest BCUT2D eigenvalue weighted by molar-refractivity contribution is 0.740. The van der Waals surface area contributed by atoms with Crippen molar-refractivity contribution in [2.24, 2.45) is 0 Å². The molecule has 0 saturated carbocycles. The van der Waals surface area contributed by atoms with Crippen LogP contribution in [0.2, 0.25) is 0 Å². The zero-order valence-corrected chi connectivity index (χ0v) is 17.3. The molecule has 0 bridgehead atoms. The van der Waals surface area contributed by atoms with E-state index in [0.717, 1.165) is 45.3 Å². The Kier molecular flexibility index (Phi) is 9.74. The van der Waals surface area contributed by atoms with Gasteiger partial charge in [-0.15, -0.1) is 10.2 Å². The highest BCUT2D eigenvalue weighted by Crippen LogP contribution is 2.16. The van der Waals surface area contributed by atoms with Crippen LogP contribution in [0.4, 0.5) is 5.69 Å². The van der Waals surface area contributed by atoms with Crippen molar-refractivity contribution in [1.29, 1.82) is 0 Å². The van der Waals surface area contributed by atoms with Crippen LogP contribution in [0.15, 0.2) is 38.2 Å². The van der Waals surface area contributed by atoms with Crippen molar-refractivity contribution in [1.82, 2.24) is 20.4 Å². The molecule has 0 N–H and O–H groups in total. The molecule has 22 heavy (non-hydrogen) atoms. The summed E-state index contributed by atoms with van der Waals surface area (Å²) >= 11 is 9.72. The summed E-state index contributed by atoms with van der Waals surface area (Å²) in [6.07, 6.45) is 5.75. The summed E-state index contributed by atoms with van der Waals surface area (Å²) in [5.74, 6) is 0. The maximum atomic E-state index is 3.93. The number of hydrogen-bond acceptors (Lipinski definition) is 5. The summed E-state index contributed by atoms with van der Waals surface area (Å²) in [5, 5.41) is 15.1. The second-order valence-electron chi connectivity index (χ2n) is 4.42. The molecule has 2 heterocycles. The van der Waals surface area contributed by atoms with Gasteiger partial charge < -0.3 is 4.90 Å². The van der Waals surface area contributed by atoms with Gasteiger partial charge in [0, 0.05) is 17.6 Å². The average molecular weight is 496 g/mol. The van der Waals surface area contributed by atoms with Crippen LogP contribution in [0, 0.1) is 0 Å². The van der Waals surface area contributed by atoms with E-state index in [0.29, 0.717) is 0 Å². The lowest BCUT2D eigenvalue weighted by Crippen LogP contribution is -2.25. The van der Waals surface area contributed by atoms with Gasteiger partial charge in [0.05, 0.1) is 18.1 Å². The Bertz CT molecular complexity index is 544. The summed E-state index contributed by atoms with van der Waals surface area (Å²) in [6, 6.07) is 3.84. The van der Waals surface area contributed by atoms with Crippen molar-refractivity contribution in [3.8, 4) is 0 Å². The van der Waals surface area contributed by atoms with Crippen molar-refractivity contribution in [2.75, 3.05) is 18.0 Å². The molecule has 0 amide bonds. The fourth-order valence-electron chi connectivity index (χ4n) is 1.73. The van der Waals surface area contributed by atoms with E-state index >= 15 is 0 Å². The average Bonchev–Trinajstić information content (AvgIpc) is 2.47. The summed E-state index contributed by atoms with van der Waals surface area (Å²) in [4.78, 5) is 2.33. The van der Waals surface area contributed by atoms with Crippen LogP contribution in [-0.4, -0.2) is 33.5 Å². The van der Waals surface area contributed by atoms with Gasteiger partial charge in [-0.3, -0.25) is 0 Å². The third-order valence-electron chi connectivity index (χ3n) is 2.55. The molecule has 2 aromatic rings. The molecule has 0 saturated heterocycles. The molecule has 8 heteroatoms. The van der Waals surface area contributed by atoms with Gasteiger partial charge in [-0.1, -0.05) is 13.8 Å². The van der Waals surface area contributed by atoms with Gasteiger partial charge in [-0.25, -0.2) is 0 Å². The predicted molar refractivity (Wildman–Crippen MR) is 100.0 cm³/mol. The SMILES string of the molecule is Brc1cnnc(Br)c1.CCCN(CCC)c1cnnc(Br)c1. The summed E-state index contributed by atoms with van der Waals surface area (Å²) in [7, 11) is 0. The van der Waals surface area contributed by atoms with E-state index < -0.39 is 0 Å². The molecule has 120 valence electrons. The van der Waals surface area contributed by atoms with Crippen LogP contribution in [0.3, 0.4) is 0 Å². The maximum Gasteiger partial charge on any atom is 0.130 e. The Balaban J connectivity index is 0.000000255. The molecule has 0 unspecified atom stereocenters. The van der Waals surface area contributed by atoms with Gasteiger partial charge in [0.1, 0.15) is 9.21 Å². The molecule has 0 spiro atoms. The number of nitrogens with zero attached hydrogens (tertiary/aromatic N) is 5. The Morgan fingerprint density at radius 3 is 1.82 bits per heavy atom. The standard InChI is InChI=1S/C10H16BrN3.C4H2Br2N2/c1-3-5-14(6-4-2)9-7-10(11)13-12-8-9;5-3-1-4(6)8-7-2-3/h7-8H,3-6H2,1-2H3;1-2H. The third-order valence-corrected chi connectivity index (χ3v) is 3.76. The van der Waals surface area contributed by atoms with Crippen molar-refractivity contribution in [3.05, 3.63) is 38.2 Å². The first kappa shape index (κ1) is 19.4. The Hall–Kier alpha value is -0.600. The third kappa shape index (κ3) is 7.60. The number of rotatable bonds is 5. The largest absolute Gasteiger partial charge is 0.370 e. The fraction of sp³-hybridized carbons (Fsp3) is 0.429. The first-order valence-electron chi connectivity index (χ1n) is 6.93. The normalized spacial score (nSPS) is 9.86. The quantitative estimate of drug-likeness (QED) is 0.592. The van der Waals surface area contributed by atoms with E-state index in [1.54, 1.807) is 6.20 Å². The number of hydrogen-bond donors (Lipinski definition) is 0. The molecule has 0 fully saturated rings. The minimum absolute atomic E-state index is 0.742. The summed E-state index contributed by atoms with van der Waals surface area (Å²) in [6.45, 7) is 6.52. The van der Waals surface area contributed by atoms with Gasteiger partial charge in [0.2, 0.25) is 0 Å². The molecule has 0 aliphatic rings. The van der Waals surface area contributed by atoms with Gasteiger partial charge in [0.25, 0.3) is 0 Å². The molecule has 0 aliphatic heterocycles. The molecular weight excluding hydrogens is 478 g/mol. The molecular formula is C14H18Br3N5. The van der Waals surface area contributed by atoms with E-state index in [-0.39, 0.29) is 0 Å². The first-order valence-corrected chi connectivity index (χ1v) is 9.31. The van der Waals surface area contributed by atoms with Crippen molar-refractivity contribution in [3.63, 3.8) is 0 Å². The second kappa shape index (κ2) is 11.0. The smallest absolute Gasteiger partial charge is 0.130 e. The van der Waals surface area contributed by atoms with E-state index in [2.05, 4.69) is 86.9 Å². The van der Waals surface area contributed by atoms with Crippen LogP contribution in [0.25, 0.3) is 0 Å². The highest BCUT2D eigenvalue weighted by molar-refractivity contribution is 9.11. The molecule has 0 radical (unpaired) electrons. The zero-order chi connectivity index (χ0) is 16.4. The van der Waals surface area contributed by atoms with E-state index in [9.17, 15) is 0 Å². The molecule has 0 aromatic carbocycles. The summed E-state index contributed by atoms with van der Waals surface area (Å²) in [5.41, 5.74) is 1.15. The van der Waals surface area contributed by atoms with Crippen molar-refractivity contribution < 1.29 is 0 Å². The highest BCUT2D eigenvalue weighted by Gasteiger charge is 2.05. The Morgan fingerprint density at radius 1 is 0.864 bits per heavy atom. The fourth-order valence-corrected chi connectivity index (χ4v) is 3.01. The zero-order valence-electron chi connectivity index (χ0n) is 12.5. The second-order valence-corrected chi connectivity index (χ2v) is 6.96. The van der Waals surface area contributed by atoms with Crippen LogP contribution in [0.5, 0.6) is 0 Å². The minimum Gasteiger partial charge on any atom is -0.370 e. The lowest BCUT2D eigenvalue weighted by atomic mass is 10.3. The van der Waals surface area contributed by atoms with Crippen molar-refractivity contribution in [2.45, 2.75) is 26.7 Å². The lowest BCUT2D eigenvalue weighted by Gasteiger charge is -2.22. The van der Waals surface area contributed by atoms with Gasteiger partial charge >= 0.3 is 0 Å². The first-order chi connectivity index (χ1) is 10.6. The van der Waals surface area contributed by atoms with Crippen LogP contribution >= 0.6 is 47.8 Å². The molecule has 0 atom stereocenters. The van der Waals surface area contributed by atoms with E-state index in [1.807, 2.05) is 18.3 Å². The topological polar surface area (TPSA) is 54.8 Å². The monoisotopic (exact) mass is 493 g/mol.